The Balaban J connectivity index is 1.49. The molecule has 0 aliphatic heterocycles. The highest BCUT2D eigenvalue weighted by atomic mass is 32.1. The first-order valence-electron chi connectivity index (χ1n) is 8.45. The first-order chi connectivity index (χ1) is 11.6. The number of hydrogen-bond donors (Lipinski definition) is 2. The Morgan fingerprint density at radius 2 is 2.04 bits per heavy atom. The van der Waals surface area contributed by atoms with E-state index in [4.69, 9.17) is 0 Å². The van der Waals surface area contributed by atoms with E-state index in [1.54, 1.807) is 11.3 Å². The van der Waals surface area contributed by atoms with Crippen LogP contribution in [0.2, 0.25) is 0 Å². The molecule has 1 heterocycles. The quantitative estimate of drug-likeness (QED) is 0.870. The summed E-state index contributed by atoms with van der Waals surface area (Å²) in [6.45, 7) is 2.66. The average molecular weight is 344 g/mol. The Morgan fingerprint density at radius 3 is 2.79 bits per heavy atom. The molecule has 0 spiro atoms. The van der Waals surface area contributed by atoms with Gasteiger partial charge in [0.05, 0.1) is 5.69 Å². The minimum absolute atomic E-state index is 0.186. The van der Waals surface area contributed by atoms with Crippen molar-refractivity contribution >= 4 is 28.2 Å². The largest absolute Gasteiger partial charge is 0.370 e. The number of thiazole rings is 1. The van der Waals surface area contributed by atoms with Gasteiger partial charge in [-0.25, -0.2) is 9.78 Å². The Morgan fingerprint density at radius 1 is 1.29 bits per heavy atom. The van der Waals surface area contributed by atoms with Crippen molar-refractivity contribution in [3.8, 4) is 0 Å². The topological polar surface area (TPSA) is 57.3 Å². The SMILES string of the molecule is CC(CNC(=O)Nc1nc2c(s1)CCCC2)N(C)c1ccccc1. The zero-order chi connectivity index (χ0) is 16.9. The van der Waals surface area contributed by atoms with Crippen molar-refractivity contribution in [2.45, 2.75) is 38.6 Å². The maximum Gasteiger partial charge on any atom is 0.321 e. The van der Waals surface area contributed by atoms with Crippen LogP contribution in [-0.4, -0.2) is 30.6 Å². The first-order valence-corrected chi connectivity index (χ1v) is 9.26. The number of carbonyl (C=O) groups excluding carboxylic acids is 1. The molecule has 2 amide bonds. The molecule has 1 atom stereocenters. The molecule has 1 aromatic heterocycles. The van der Waals surface area contributed by atoms with E-state index in [0.717, 1.165) is 18.5 Å². The predicted octanol–water partition coefficient (Wildman–Crippen LogP) is 3.67. The summed E-state index contributed by atoms with van der Waals surface area (Å²) in [6.07, 6.45) is 4.55. The fourth-order valence-corrected chi connectivity index (χ4v) is 3.89. The van der Waals surface area contributed by atoms with Gasteiger partial charge in [0.25, 0.3) is 0 Å². The number of benzene rings is 1. The first kappa shape index (κ1) is 16.8. The number of nitrogens with zero attached hydrogens (tertiary/aromatic N) is 2. The molecular formula is C18H24N4OS. The lowest BCUT2D eigenvalue weighted by atomic mass is 10.0. The van der Waals surface area contributed by atoms with Crippen LogP contribution in [0.1, 0.15) is 30.3 Å². The second-order valence-electron chi connectivity index (χ2n) is 6.23. The van der Waals surface area contributed by atoms with Crippen LogP contribution < -0.4 is 15.5 Å². The lowest BCUT2D eigenvalue weighted by Gasteiger charge is -2.27. The molecule has 2 aromatic rings. The van der Waals surface area contributed by atoms with Crippen LogP contribution in [0.25, 0.3) is 0 Å². The second-order valence-corrected chi connectivity index (χ2v) is 7.31. The molecule has 6 heteroatoms. The number of urea groups is 1. The summed E-state index contributed by atoms with van der Waals surface area (Å²) < 4.78 is 0. The monoisotopic (exact) mass is 344 g/mol. The minimum atomic E-state index is -0.186. The van der Waals surface area contributed by atoms with Crippen LogP contribution in [-0.2, 0) is 12.8 Å². The van der Waals surface area contributed by atoms with Crippen molar-refractivity contribution in [3.05, 3.63) is 40.9 Å². The number of aryl methyl sites for hydroxylation is 2. The van der Waals surface area contributed by atoms with Crippen LogP contribution in [0.5, 0.6) is 0 Å². The molecule has 0 radical (unpaired) electrons. The summed E-state index contributed by atoms with van der Waals surface area (Å²) in [5.74, 6) is 0. The van der Waals surface area contributed by atoms with Crippen molar-refractivity contribution < 1.29 is 4.79 Å². The Labute approximate surface area is 147 Å². The smallest absolute Gasteiger partial charge is 0.321 e. The summed E-state index contributed by atoms with van der Waals surface area (Å²) in [5.41, 5.74) is 2.30. The van der Waals surface area contributed by atoms with Crippen molar-refractivity contribution in [3.63, 3.8) is 0 Å². The molecule has 1 unspecified atom stereocenters. The Hall–Kier alpha value is -2.08. The normalized spacial score (nSPS) is 14.6. The number of nitrogens with one attached hydrogen (secondary N) is 2. The maximum atomic E-state index is 12.1. The van der Waals surface area contributed by atoms with Gasteiger partial charge in [-0.1, -0.05) is 18.2 Å². The van der Waals surface area contributed by atoms with Crippen molar-refractivity contribution in [1.82, 2.24) is 10.3 Å². The van der Waals surface area contributed by atoms with Crippen LogP contribution >= 0.6 is 11.3 Å². The van der Waals surface area contributed by atoms with Gasteiger partial charge < -0.3 is 10.2 Å². The summed E-state index contributed by atoms with van der Waals surface area (Å²) >= 11 is 1.61. The summed E-state index contributed by atoms with van der Waals surface area (Å²) in [5, 5.41) is 6.52. The molecular weight excluding hydrogens is 320 g/mol. The molecule has 1 aliphatic rings. The maximum absolute atomic E-state index is 12.1. The van der Waals surface area contributed by atoms with Gasteiger partial charge in [0.1, 0.15) is 0 Å². The molecule has 2 N–H and O–H groups in total. The third kappa shape index (κ3) is 4.06. The highest BCUT2D eigenvalue weighted by Gasteiger charge is 2.17. The Kier molecular flexibility index (Phi) is 5.35. The predicted molar refractivity (Wildman–Crippen MR) is 100 cm³/mol. The molecule has 1 aliphatic carbocycles. The second kappa shape index (κ2) is 7.66. The Bertz CT molecular complexity index is 662. The van der Waals surface area contributed by atoms with Gasteiger partial charge in [-0.05, 0) is 44.7 Å². The van der Waals surface area contributed by atoms with Gasteiger partial charge in [0.15, 0.2) is 5.13 Å². The van der Waals surface area contributed by atoms with Gasteiger partial charge in [0.2, 0.25) is 0 Å². The molecule has 128 valence electrons. The lowest BCUT2D eigenvalue weighted by molar-refractivity contribution is 0.251. The number of fused-ring (bicyclic) bond motifs is 1. The molecule has 1 aromatic carbocycles. The average Bonchev–Trinajstić information content (AvgIpc) is 3.02. The van der Waals surface area contributed by atoms with Crippen molar-refractivity contribution in [1.29, 1.82) is 0 Å². The molecule has 24 heavy (non-hydrogen) atoms. The van der Waals surface area contributed by atoms with E-state index in [1.807, 2.05) is 25.2 Å². The van der Waals surface area contributed by atoms with E-state index < -0.39 is 0 Å². The van der Waals surface area contributed by atoms with Crippen LogP contribution in [0, 0.1) is 0 Å². The van der Waals surface area contributed by atoms with E-state index in [2.05, 4.69) is 39.6 Å². The fourth-order valence-electron chi connectivity index (χ4n) is 2.84. The number of likely N-dealkylation sites (N-methyl/N-ethyl adjacent to an activating group) is 1. The standard InChI is InChI=1S/C18H24N4OS/c1-13(22(2)14-8-4-3-5-9-14)12-19-17(23)21-18-20-15-10-6-7-11-16(15)24-18/h3-5,8-9,13H,6-7,10-12H2,1-2H3,(H2,19,20,21,23). The summed E-state index contributed by atoms with van der Waals surface area (Å²) in [6, 6.07) is 10.2. The molecule has 0 bridgehead atoms. The molecule has 3 rings (SSSR count). The molecule has 5 nitrogen and oxygen atoms in total. The van der Waals surface area contributed by atoms with Crippen LogP contribution in [0.15, 0.2) is 30.3 Å². The zero-order valence-corrected chi connectivity index (χ0v) is 15.0. The number of carbonyl (C=O) groups is 1. The zero-order valence-electron chi connectivity index (χ0n) is 14.2. The van der Waals surface area contributed by atoms with Crippen molar-refractivity contribution in [2.75, 3.05) is 23.8 Å². The molecule has 0 fully saturated rings. The number of para-hydroxylation sites is 1. The van der Waals surface area contributed by atoms with E-state index in [1.165, 1.54) is 23.4 Å². The molecule has 0 saturated heterocycles. The highest BCUT2D eigenvalue weighted by molar-refractivity contribution is 7.15. The number of amides is 2. The van der Waals surface area contributed by atoms with E-state index in [-0.39, 0.29) is 12.1 Å². The fraction of sp³-hybridized carbons (Fsp3) is 0.444. The van der Waals surface area contributed by atoms with Gasteiger partial charge in [-0.2, -0.15) is 0 Å². The number of anilines is 2. The number of hydrogen-bond acceptors (Lipinski definition) is 4. The van der Waals surface area contributed by atoms with E-state index >= 15 is 0 Å². The lowest BCUT2D eigenvalue weighted by Crippen LogP contribution is -2.41. The van der Waals surface area contributed by atoms with Gasteiger partial charge in [0, 0.05) is 30.2 Å². The summed E-state index contributed by atoms with van der Waals surface area (Å²) in [4.78, 5) is 20.1. The van der Waals surface area contributed by atoms with E-state index in [0.29, 0.717) is 11.7 Å². The molecule has 0 saturated carbocycles. The highest BCUT2D eigenvalue weighted by Crippen LogP contribution is 2.29. The van der Waals surface area contributed by atoms with E-state index in [9.17, 15) is 4.79 Å². The third-order valence-corrected chi connectivity index (χ3v) is 5.52. The van der Waals surface area contributed by atoms with Crippen LogP contribution in [0.4, 0.5) is 15.6 Å². The van der Waals surface area contributed by atoms with Gasteiger partial charge >= 0.3 is 6.03 Å². The van der Waals surface area contributed by atoms with Crippen molar-refractivity contribution in [2.24, 2.45) is 0 Å². The van der Waals surface area contributed by atoms with Crippen LogP contribution in [0.3, 0.4) is 0 Å². The number of rotatable bonds is 5. The summed E-state index contributed by atoms with van der Waals surface area (Å²) in [7, 11) is 2.04. The number of aromatic nitrogens is 1. The minimum Gasteiger partial charge on any atom is -0.370 e. The third-order valence-electron chi connectivity index (χ3n) is 4.45. The van der Waals surface area contributed by atoms with Gasteiger partial charge in [-0.3, -0.25) is 5.32 Å². The van der Waals surface area contributed by atoms with Gasteiger partial charge in [-0.15, -0.1) is 11.3 Å².